The fourth-order valence-electron chi connectivity index (χ4n) is 1.95. The fourth-order valence-corrected chi connectivity index (χ4v) is 1.95. The molecular formula is C13H16FNO. The molecule has 1 aromatic carbocycles. The molecule has 3 heteroatoms. The number of amides is 1. The van der Waals surface area contributed by atoms with Gasteiger partial charge < -0.3 is 4.90 Å². The van der Waals surface area contributed by atoms with E-state index >= 15 is 0 Å². The van der Waals surface area contributed by atoms with Gasteiger partial charge in [-0.3, -0.25) is 4.79 Å². The Morgan fingerprint density at radius 1 is 1.44 bits per heavy atom. The third-order valence-corrected chi connectivity index (χ3v) is 3.15. The minimum absolute atomic E-state index is 0.168. The Morgan fingerprint density at radius 3 is 2.44 bits per heavy atom. The van der Waals surface area contributed by atoms with Crippen LogP contribution in [0.3, 0.4) is 0 Å². The molecule has 1 aromatic rings. The van der Waals surface area contributed by atoms with Crippen LogP contribution in [0.1, 0.15) is 20.3 Å². The molecule has 2 atom stereocenters. The minimum atomic E-state index is -0.271. The number of hydrogen-bond acceptors (Lipinski definition) is 1. The lowest BCUT2D eigenvalue weighted by molar-refractivity contribution is -0.120. The van der Waals surface area contributed by atoms with Gasteiger partial charge in [0.15, 0.2) is 0 Å². The average molecular weight is 221 g/mol. The highest BCUT2D eigenvalue weighted by molar-refractivity contribution is 5.96. The van der Waals surface area contributed by atoms with Crippen molar-refractivity contribution in [3.05, 3.63) is 30.1 Å². The van der Waals surface area contributed by atoms with Crippen LogP contribution >= 0.6 is 0 Å². The van der Waals surface area contributed by atoms with Crippen LogP contribution in [0.2, 0.25) is 0 Å². The first kappa shape index (κ1) is 11.1. The van der Waals surface area contributed by atoms with E-state index in [1.807, 2.05) is 6.92 Å². The Bertz CT molecular complexity index is 387. The highest BCUT2D eigenvalue weighted by atomic mass is 19.1. The summed E-state index contributed by atoms with van der Waals surface area (Å²) < 4.78 is 12.8. The molecule has 0 N–H and O–H groups in total. The van der Waals surface area contributed by atoms with Gasteiger partial charge in [-0.25, -0.2) is 4.39 Å². The van der Waals surface area contributed by atoms with Gasteiger partial charge in [-0.2, -0.15) is 0 Å². The Labute approximate surface area is 95.1 Å². The number of carbonyl (C=O) groups is 1. The van der Waals surface area contributed by atoms with Gasteiger partial charge in [-0.05, 0) is 43.5 Å². The summed E-state index contributed by atoms with van der Waals surface area (Å²) in [4.78, 5) is 13.8. The van der Waals surface area contributed by atoms with E-state index < -0.39 is 0 Å². The standard InChI is InChI=1S/C13H16FNO/c1-3-15(13(16)12-8-9(12)2)11-6-4-10(14)5-7-11/h4-7,9,12H,3,8H2,1-2H3/t9-,12+/m0/s1. The van der Waals surface area contributed by atoms with E-state index in [0.717, 1.165) is 12.1 Å². The summed E-state index contributed by atoms with van der Waals surface area (Å²) in [5, 5.41) is 0. The van der Waals surface area contributed by atoms with E-state index in [1.54, 1.807) is 17.0 Å². The molecule has 2 rings (SSSR count). The molecule has 0 saturated heterocycles. The van der Waals surface area contributed by atoms with Crippen LogP contribution in [-0.4, -0.2) is 12.5 Å². The minimum Gasteiger partial charge on any atom is -0.312 e. The van der Waals surface area contributed by atoms with Crippen molar-refractivity contribution < 1.29 is 9.18 Å². The Morgan fingerprint density at radius 2 is 2.00 bits per heavy atom. The van der Waals surface area contributed by atoms with Crippen molar-refractivity contribution in [3.8, 4) is 0 Å². The molecular weight excluding hydrogens is 205 g/mol. The molecule has 1 fully saturated rings. The summed E-state index contributed by atoms with van der Waals surface area (Å²) in [6, 6.07) is 6.09. The van der Waals surface area contributed by atoms with Crippen LogP contribution in [0.5, 0.6) is 0 Å². The Hall–Kier alpha value is -1.38. The zero-order valence-corrected chi connectivity index (χ0v) is 9.61. The molecule has 16 heavy (non-hydrogen) atoms. The summed E-state index contributed by atoms with van der Waals surface area (Å²) in [6.07, 6.45) is 0.983. The molecule has 1 saturated carbocycles. The zero-order valence-electron chi connectivity index (χ0n) is 9.61. The number of benzene rings is 1. The van der Waals surface area contributed by atoms with Crippen LogP contribution in [0.15, 0.2) is 24.3 Å². The average Bonchev–Trinajstić information content (AvgIpc) is 2.99. The maximum absolute atomic E-state index is 12.8. The van der Waals surface area contributed by atoms with Crippen LogP contribution in [0.25, 0.3) is 0 Å². The molecule has 0 bridgehead atoms. The van der Waals surface area contributed by atoms with Gasteiger partial charge in [-0.1, -0.05) is 6.92 Å². The molecule has 0 heterocycles. The summed E-state index contributed by atoms with van der Waals surface area (Å²) in [5.41, 5.74) is 0.785. The van der Waals surface area contributed by atoms with Gasteiger partial charge in [-0.15, -0.1) is 0 Å². The second-order valence-corrected chi connectivity index (χ2v) is 4.38. The summed E-state index contributed by atoms with van der Waals surface area (Å²) in [6.45, 7) is 4.66. The summed E-state index contributed by atoms with van der Waals surface area (Å²) in [7, 11) is 0. The number of rotatable bonds is 3. The topological polar surface area (TPSA) is 20.3 Å². The molecule has 0 unspecified atom stereocenters. The fraction of sp³-hybridized carbons (Fsp3) is 0.462. The van der Waals surface area contributed by atoms with Crippen LogP contribution in [0, 0.1) is 17.7 Å². The van der Waals surface area contributed by atoms with Crippen LogP contribution in [-0.2, 0) is 4.79 Å². The predicted octanol–water partition coefficient (Wildman–Crippen LogP) is 2.83. The molecule has 1 amide bonds. The van der Waals surface area contributed by atoms with E-state index in [-0.39, 0.29) is 17.6 Å². The first-order valence-electron chi connectivity index (χ1n) is 5.70. The molecule has 1 aliphatic rings. The monoisotopic (exact) mass is 221 g/mol. The smallest absolute Gasteiger partial charge is 0.230 e. The second kappa shape index (κ2) is 4.24. The van der Waals surface area contributed by atoms with Crippen molar-refractivity contribution in [2.24, 2.45) is 11.8 Å². The Kier molecular flexibility index (Phi) is 2.95. The number of carbonyl (C=O) groups excluding carboxylic acids is 1. The predicted molar refractivity (Wildman–Crippen MR) is 61.7 cm³/mol. The van der Waals surface area contributed by atoms with Gasteiger partial charge in [0.2, 0.25) is 5.91 Å². The van der Waals surface area contributed by atoms with E-state index in [2.05, 4.69) is 6.92 Å². The second-order valence-electron chi connectivity index (χ2n) is 4.38. The van der Waals surface area contributed by atoms with Crippen molar-refractivity contribution in [1.82, 2.24) is 0 Å². The van der Waals surface area contributed by atoms with Gasteiger partial charge in [0.05, 0.1) is 0 Å². The molecule has 2 nitrogen and oxygen atoms in total. The SMILES string of the molecule is CCN(C(=O)[C@@H]1C[C@@H]1C)c1ccc(F)cc1. The maximum Gasteiger partial charge on any atom is 0.230 e. The van der Waals surface area contributed by atoms with Gasteiger partial charge in [0, 0.05) is 18.2 Å². The Balaban J connectivity index is 2.15. The molecule has 1 aliphatic carbocycles. The van der Waals surface area contributed by atoms with Crippen molar-refractivity contribution in [2.45, 2.75) is 20.3 Å². The highest BCUT2D eigenvalue weighted by Gasteiger charge is 2.41. The number of hydrogen-bond donors (Lipinski definition) is 0. The van der Waals surface area contributed by atoms with Gasteiger partial charge in [0.1, 0.15) is 5.82 Å². The van der Waals surface area contributed by atoms with Crippen molar-refractivity contribution in [1.29, 1.82) is 0 Å². The summed E-state index contributed by atoms with van der Waals surface area (Å²) in [5.74, 6) is 0.570. The van der Waals surface area contributed by atoms with E-state index in [1.165, 1.54) is 12.1 Å². The van der Waals surface area contributed by atoms with Crippen molar-refractivity contribution in [3.63, 3.8) is 0 Å². The van der Waals surface area contributed by atoms with Gasteiger partial charge in [0.25, 0.3) is 0 Å². The molecule has 0 spiro atoms. The highest BCUT2D eigenvalue weighted by Crippen LogP contribution is 2.39. The quantitative estimate of drug-likeness (QED) is 0.768. The van der Waals surface area contributed by atoms with E-state index in [4.69, 9.17) is 0 Å². The van der Waals surface area contributed by atoms with Crippen LogP contribution in [0.4, 0.5) is 10.1 Å². The van der Waals surface area contributed by atoms with Gasteiger partial charge >= 0.3 is 0 Å². The molecule has 86 valence electrons. The van der Waals surface area contributed by atoms with E-state index in [9.17, 15) is 9.18 Å². The normalized spacial score (nSPS) is 22.9. The lowest BCUT2D eigenvalue weighted by atomic mass is 10.2. The third-order valence-electron chi connectivity index (χ3n) is 3.15. The number of halogens is 1. The van der Waals surface area contributed by atoms with Crippen molar-refractivity contribution in [2.75, 3.05) is 11.4 Å². The maximum atomic E-state index is 12.8. The first-order chi connectivity index (χ1) is 7.63. The largest absolute Gasteiger partial charge is 0.312 e. The lowest BCUT2D eigenvalue weighted by Crippen LogP contribution is -2.32. The van der Waals surface area contributed by atoms with Crippen molar-refractivity contribution >= 4 is 11.6 Å². The number of nitrogens with zero attached hydrogens (tertiary/aromatic N) is 1. The molecule has 0 radical (unpaired) electrons. The molecule has 0 aromatic heterocycles. The van der Waals surface area contributed by atoms with E-state index in [0.29, 0.717) is 12.5 Å². The third kappa shape index (κ3) is 2.08. The van der Waals surface area contributed by atoms with Crippen LogP contribution < -0.4 is 4.90 Å². The summed E-state index contributed by atoms with van der Waals surface area (Å²) >= 11 is 0. The lowest BCUT2D eigenvalue weighted by Gasteiger charge is -2.21. The first-order valence-corrected chi connectivity index (χ1v) is 5.70. The number of anilines is 1. The molecule has 0 aliphatic heterocycles. The zero-order chi connectivity index (χ0) is 11.7.